The molecule has 0 aromatic heterocycles. The summed E-state index contributed by atoms with van der Waals surface area (Å²) in [6, 6.07) is 0.0548. The molecule has 2 aliphatic heterocycles. The Labute approximate surface area is 183 Å². The standard InChI is InChI=1S/C22H44N6O2/c1-6-23-22(25-15-19-17-27(13-14-30-19)16-18(2)3)24-10-8-12-28-11-7-9-20(28)21(29)26(4)5/h18-20H,6-17H2,1-5H3,(H2,23,24,25). The summed E-state index contributed by atoms with van der Waals surface area (Å²) in [5, 5.41) is 6.77. The molecule has 1 amide bonds. The minimum Gasteiger partial charge on any atom is -0.374 e. The van der Waals surface area contributed by atoms with E-state index in [1.807, 2.05) is 14.1 Å². The maximum absolute atomic E-state index is 12.3. The molecule has 2 fully saturated rings. The smallest absolute Gasteiger partial charge is 0.239 e. The van der Waals surface area contributed by atoms with E-state index in [4.69, 9.17) is 9.73 Å². The van der Waals surface area contributed by atoms with Gasteiger partial charge in [-0.3, -0.25) is 19.6 Å². The molecule has 174 valence electrons. The number of nitrogens with zero attached hydrogens (tertiary/aromatic N) is 4. The van der Waals surface area contributed by atoms with E-state index in [1.54, 1.807) is 4.90 Å². The number of hydrogen-bond acceptors (Lipinski definition) is 5. The Balaban J connectivity index is 1.74. The molecule has 0 spiro atoms. The maximum atomic E-state index is 12.3. The van der Waals surface area contributed by atoms with Crippen molar-refractivity contribution in [3.05, 3.63) is 0 Å². The Morgan fingerprint density at radius 2 is 2.07 bits per heavy atom. The second kappa shape index (κ2) is 13.1. The summed E-state index contributed by atoms with van der Waals surface area (Å²) >= 11 is 0. The van der Waals surface area contributed by atoms with E-state index < -0.39 is 0 Å². The lowest BCUT2D eigenvalue weighted by atomic mass is 10.2. The van der Waals surface area contributed by atoms with Crippen molar-refractivity contribution >= 4 is 11.9 Å². The predicted octanol–water partition coefficient (Wildman–Crippen LogP) is 0.841. The second-order valence-corrected chi connectivity index (χ2v) is 9.07. The molecule has 0 aromatic rings. The van der Waals surface area contributed by atoms with Crippen LogP contribution in [-0.2, 0) is 9.53 Å². The molecule has 0 aliphatic carbocycles. The highest BCUT2D eigenvalue weighted by Crippen LogP contribution is 2.18. The van der Waals surface area contributed by atoms with Crippen LogP contribution in [0, 0.1) is 5.92 Å². The Bertz CT molecular complexity index is 540. The van der Waals surface area contributed by atoms with Crippen molar-refractivity contribution in [3.8, 4) is 0 Å². The Morgan fingerprint density at radius 1 is 1.27 bits per heavy atom. The molecule has 0 radical (unpaired) electrons. The molecule has 0 bridgehead atoms. The van der Waals surface area contributed by atoms with Gasteiger partial charge in [0.15, 0.2) is 5.96 Å². The monoisotopic (exact) mass is 424 g/mol. The average Bonchev–Trinajstić information content (AvgIpc) is 3.16. The van der Waals surface area contributed by atoms with Crippen LogP contribution in [0.1, 0.15) is 40.0 Å². The van der Waals surface area contributed by atoms with Gasteiger partial charge < -0.3 is 20.3 Å². The van der Waals surface area contributed by atoms with Gasteiger partial charge in [0.2, 0.25) is 5.91 Å². The van der Waals surface area contributed by atoms with Crippen molar-refractivity contribution in [2.45, 2.75) is 52.2 Å². The number of carbonyl (C=O) groups is 1. The number of hydrogen-bond donors (Lipinski definition) is 2. The van der Waals surface area contributed by atoms with Gasteiger partial charge in [-0.15, -0.1) is 0 Å². The van der Waals surface area contributed by atoms with Crippen LogP contribution >= 0.6 is 0 Å². The van der Waals surface area contributed by atoms with Crippen LogP contribution in [0.5, 0.6) is 0 Å². The normalized spacial score (nSPS) is 23.7. The molecule has 2 N–H and O–H groups in total. The molecule has 2 heterocycles. The first-order valence-corrected chi connectivity index (χ1v) is 11.7. The van der Waals surface area contributed by atoms with Gasteiger partial charge in [-0.1, -0.05) is 13.8 Å². The minimum atomic E-state index is 0.0548. The van der Waals surface area contributed by atoms with Gasteiger partial charge in [0, 0.05) is 53.4 Å². The highest BCUT2D eigenvalue weighted by Gasteiger charge is 2.31. The van der Waals surface area contributed by atoms with E-state index in [1.165, 1.54) is 0 Å². The van der Waals surface area contributed by atoms with Crippen LogP contribution in [0.4, 0.5) is 0 Å². The van der Waals surface area contributed by atoms with Crippen molar-refractivity contribution in [1.29, 1.82) is 0 Å². The predicted molar refractivity (Wildman–Crippen MR) is 123 cm³/mol. The van der Waals surface area contributed by atoms with Gasteiger partial charge >= 0.3 is 0 Å². The van der Waals surface area contributed by atoms with Crippen molar-refractivity contribution in [2.75, 3.05) is 73.1 Å². The van der Waals surface area contributed by atoms with Crippen molar-refractivity contribution in [1.82, 2.24) is 25.3 Å². The third kappa shape index (κ3) is 8.40. The zero-order chi connectivity index (χ0) is 21.9. The van der Waals surface area contributed by atoms with Gasteiger partial charge in [-0.05, 0) is 38.6 Å². The van der Waals surface area contributed by atoms with Gasteiger partial charge in [0.05, 0.1) is 25.3 Å². The molecule has 2 unspecified atom stereocenters. The number of nitrogens with one attached hydrogen (secondary N) is 2. The van der Waals surface area contributed by atoms with Gasteiger partial charge in [0.25, 0.3) is 0 Å². The summed E-state index contributed by atoms with van der Waals surface area (Å²) in [4.78, 5) is 23.6. The van der Waals surface area contributed by atoms with Gasteiger partial charge in [-0.25, -0.2) is 0 Å². The van der Waals surface area contributed by atoms with E-state index in [-0.39, 0.29) is 18.1 Å². The summed E-state index contributed by atoms with van der Waals surface area (Å²) < 4.78 is 5.92. The number of likely N-dealkylation sites (tertiary alicyclic amines) is 1. The molecule has 8 heteroatoms. The first kappa shape index (κ1) is 24.9. The zero-order valence-electron chi connectivity index (χ0n) is 19.8. The molecule has 0 aromatic carbocycles. The van der Waals surface area contributed by atoms with Crippen LogP contribution in [-0.4, -0.2) is 112 Å². The molecule has 2 atom stereocenters. The largest absolute Gasteiger partial charge is 0.374 e. The zero-order valence-corrected chi connectivity index (χ0v) is 19.8. The van der Waals surface area contributed by atoms with Crippen LogP contribution in [0.3, 0.4) is 0 Å². The summed E-state index contributed by atoms with van der Waals surface area (Å²) in [7, 11) is 3.69. The minimum absolute atomic E-state index is 0.0548. The maximum Gasteiger partial charge on any atom is 0.239 e. The molecule has 2 aliphatic rings. The fourth-order valence-corrected chi connectivity index (χ4v) is 4.27. The number of morpholine rings is 1. The Kier molecular flexibility index (Phi) is 10.9. The number of likely N-dealkylation sites (N-methyl/N-ethyl adjacent to an activating group) is 1. The molecular weight excluding hydrogens is 380 g/mol. The number of rotatable bonds is 10. The lowest BCUT2D eigenvalue weighted by Crippen LogP contribution is -2.46. The quantitative estimate of drug-likeness (QED) is 0.308. The highest BCUT2D eigenvalue weighted by molar-refractivity contribution is 5.81. The Hall–Kier alpha value is -1.38. The van der Waals surface area contributed by atoms with Crippen molar-refractivity contribution in [3.63, 3.8) is 0 Å². The number of amides is 1. The highest BCUT2D eigenvalue weighted by atomic mass is 16.5. The van der Waals surface area contributed by atoms with E-state index in [0.29, 0.717) is 12.5 Å². The lowest BCUT2D eigenvalue weighted by Gasteiger charge is -2.33. The van der Waals surface area contributed by atoms with Crippen LogP contribution in [0.25, 0.3) is 0 Å². The van der Waals surface area contributed by atoms with Crippen molar-refractivity contribution < 1.29 is 9.53 Å². The fraction of sp³-hybridized carbons (Fsp3) is 0.909. The average molecular weight is 425 g/mol. The van der Waals surface area contributed by atoms with Crippen LogP contribution < -0.4 is 10.6 Å². The van der Waals surface area contributed by atoms with Crippen molar-refractivity contribution in [2.24, 2.45) is 10.9 Å². The summed E-state index contributed by atoms with van der Waals surface area (Å²) in [5.41, 5.74) is 0. The molecule has 2 rings (SSSR count). The summed E-state index contributed by atoms with van der Waals surface area (Å²) in [6.07, 6.45) is 3.24. The van der Waals surface area contributed by atoms with E-state index in [0.717, 1.165) is 77.6 Å². The number of ether oxygens (including phenoxy) is 1. The summed E-state index contributed by atoms with van der Waals surface area (Å²) in [5.74, 6) is 1.76. The Morgan fingerprint density at radius 3 is 2.77 bits per heavy atom. The van der Waals surface area contributed by atoms with E-state index in [9.17, 15) is 4.79 Å². The first-order chi connectivity index (χ1) is 14.4. The van der Waals surface area contributed by atoms with E-state index >= 15 is 0 Å². The number of aliphatic imine (C=N–C) groups is 1. The number of guanidine groups is 1. The van der Waals surface area contributed by atoms with E-state index in [2.05, 4.69) is 41.2 Å². The van der Waals surface area contributed by atoms with Gasteiger partial charge in [-0.2, -0.15) is 0 Å². The topological polar surface area (TPSA) is 72.4 Å². The molecule has 2 saturated heterocycles. The third-order valence-electron chi connectivity index (χ3n) is 5.65. The lowest BCUT2D eigenvalue weighted by molar-refractivity contribution is -0.133. The van der Waals surface area contributed by atoms with Crippen LogP contribution in [0.15, 0.2) is 4.99 Å². The third-order valence-corrected chi connectivity index (χ3v) is 5.65. The molecule has 30 heavy (non-hydrogen) atoms. The second-order valence-electron chi connectivity index (χ2n) is 9.07. The van der Waals surface area contributed by atoms with Crippen LogP contribution in [0.2, 0.25) is 0 Å². The fourth-order valence-electron chi connectivity index (χ4n) is 4.27. The molecule has 8 nitrogen and oxygen atoms in total. The first-order valence-electron chi connectivity index (χ1n) is 11.7. The summed E-state index contributed by atoms with van der Waals surface area (Å²) in [6.45, 7) is 14.8. The molecular formula is C22H44N6O2. The molecule has 0 saturated carbocycles. The number of carbonyl (C=O) groups excluding carboxylic acids is 1. The SMILES string of the molecule is CCNC(=NCC1CN(CC(C)C)CCO1)NCCCN1CCCC1C(=O)N(C)C. The van der Waals surface area contributed by atoms with Gasteiger partial charge in [0.1, 0.15) is 0 Å².